The minimum atomic E-state index is -4.78. The maximum atomic E-state index is 11.8. The molecule has 0 N–H and O–H groups in total. The van der Waals surface area contributed by atoms with Gasteiger partial charge in [0.05, 0.1) is 0 Å². The van der Waals surface area contributed by atoms with Crippen molar-refractivity contribution in [2.24, 2.45) is 9.77 Å². The lowest BCUT2D eigenvalue weighted by molar-refractivity contribution is 0.542. The van der Waals surface area contributed by atoms with E-state index in [1.54, 1.807) is 0 Å². The van der Waals surface area contributed by atoms with Gasteiger partial charge in [-0.25, -0.2) is 0 Å². The Morgan fingerprint density at radius 3 is 1.89 bits per heavy atom. The lowest BCUT2D eigenvalue weighted by Gasteiger charge is -1.83. The first-order valence-electron chi connectivity index (χ1n) is 1.55. The molecule has 0 unspecified atom stereocenters. The molecule has 0 rings (SSSR count). The molecule has 0 spiro atoms. The fourth-order valence-electron chi connectivity index (χ4n) is 0.117. The second-order valence-electron chi connectivity index (χ2n) is 0.831. The van der Waals surface area contributed by atoms with Crippen molar-refractivity contribution in [3.63, 3.8) is 0 Å². The highest BCUT2D eigenvalue weighted by Crippen LogP contribution is 2.50. The van der Waals surface area contributed by atoms with Crippen LogP contribution in [0.25, 0.3) is 20.9 Å². The van der Waals surface area contributed by atoms with E-state index in [9.17, 15) is 8.76 Å². The number of hydrogen-bond donors (Lipinski definition) is 0. The largest absolute Gasteiger partial charge is 0.411 e. The van der Waals surface area contributed by atoms with E-state index in [1.165, 1.54) is 0 Å². The van der Waals surface area contributed by atoms with E-state index in [1.807, 2.05) is 9.82 Å². The molecule has 9 heteroatoms. The highest BCUT2D eigenvalue weighted by Gasteiger charge is 2.13. The van der Waals surface area contributed by atoms with Crippen LogP contribution in [0.3, 0.4) is 0 Å². The molecule has 0 aromatic carbocycles. The quantitative estimate of drug-likeness (QED) is 0.256. The number of hydrogen-bond acceptors (Lipinski definition) is 1. The number of rotatable bonds is 2. The van der Waals surface area contributed by atoms with Crippen LogP contribution >= 0.6 is 7.75 Å². The molecule has 0 atom stereocenters. The molecule has 0 aliphatic heterocycles. The van der Waals surface area contributed by atoms with Crippen LogP contribution in [0, 0.1) is 0 Å². The average molecular weight is 150 g/mol. The summed E-state index contributed by atoms with van der Waals surface area (Å²) in [6.45, 7) is 0. The van der Waals surface area contributed by atoms with E-state index in [2.05, 4.69) is 9.77 Å². The van der Waals surface area contributed by atoms with Gasteiger partial charge in [-0.05, 0) is 11.1 Å². The highest BCUT2D eigenvalue weighted by atomic mass is 31.2. The van der Waals surface area contributed by atoms with Crippen LogP contribution < -0.4 is 0 Å². The number of nitrogens with zero attached hydrogens (tertiary/aromatic N) is 6. The van der Waals surface area contributed by atoms with Crippen molar-refractivity contribution in [3.05, 3.63) is 20.9 Å². The van der Waals surface area contributed by atoms with Crippen molar-refractivity contribution in [1.82, 2.24) is 0 Å². The van der Waals surface area contributed by atoms with E-state index >= 15 is 0 Å². The lowest BCUT2D eigenvalue weighted by atomic mass is 13.0. The summed E-state index contributed by atoms with van der Waals surface area (Å²) in [7, 11) is -4.78. The summed E-state index contributed by atoms with van der Waals surface area (Å²) in [5, 5.41) is 0. The first-order valence-corrected chi connectivity index (χ1v) is 3.05. The Morgan fingerprint density at radius 2 is 1.67 bits per heavy atom. The zero-order valence-electron chi connectivity index (χ0n) is 3.92. The van der Waals surface area contributed by atoms with Crippen molar-refractivity contribution in [2.45, 2.75) is 0 Å². The van der Waals surface area contributed by atoms with Gasteiger partial charge in [0.15, 0.2) is 0 Å². The minimum Gasteiger partial charge on any atom is -0.274 e. The SMILES string of the molecule is [N-]=[N+]=NP(=O)(F)N=[N+]=[N-]. The molecule has 0 bridgehead atoms. The average Bonchev–Trinajstić information content (AvgIpc) is 1.64. The molecule has 0 radical (unpaired) electrons. The summed E-state index contributed by atoms with van der Waals surface area (Å²) >= 11 is 0. The first-order chi connectivity index (χ1) is 4.12. The third-order valence-corrected chi connectivity index (χ3v) is 0.902. The molecule has 9 heavy (non-hydrogen) atoms. The van der Waals surface area contributed by atoms with Gasteiger partial charge in [0, 0.05) is 19.6 Å². The van der Waals surface area contributed by atoms with Gasteiger partial charge < -0.3 is 0 Å². The van der Waals surface area contributed by atoms with Crippen molar-refractivity contribution >= 4 is 7.75 Å². The highest BCUT2D eigenvalue weighted by molar-refractivity contribution is 7.55. The standard InChI is InChI=1S/FN6OP/c1-9(8,6-4-2)7-5-3. The van der Waals surface area contributed by atoms with Gasteiger partial charge >= 0.3 is 7.75 Å². The van der Waals surface area contributed by atoms with Gasteiger partial charge in [0.25, 0.3) is 0 Å². The van der Waals surface area contributed by atoms with Gasteiger partial charge in [0.1, 0.15) is 0 Å². The van der Waals surface area contributed by atoms with Gasteiger partial charge in [-0.1, -0.05) is 0 Å². The summed E-state index contributed by atoms with van der Waals surface area (Å²) in [4.78, 5) is 7.89. The van der Waals surface area contributed by atoms with Crippen molar-refractivity contribution in [1.29, 1.82) is 0 Å². The predicted molar refractivity (Wildman–Crippen MR) is 27.0 cm³/mol. The second-order valence-corrected chi connectivity index (χ2v) is 2.13. The molecular weight excluding hydrogens is 150 g/mol. The van der Waals surface area contributed by atoms with E-state index in [0.29, 0.717) is 0 Å². The fourth-order valence-corrected chi connectivity index (χ4v) is 0.350. The summed E-state index contributed by atoms with van der Waals surface area (Å²) in [5.41, 5.74) is 15.0. The molecule has 0 aliphatic carbocycles. The Bertz CT molecular complexity index is 209. The van der Waals surface area contributed by atoms with Crippen LogP contribution in [0.5, 0.6) is 0 Å². The Kier molecular flexibility index (Phi) is 2.54. The fraction of sp³-hybridized carbons (Fsp3) is 0. The van der Waals surface area contributed by atoms with Crippen molar-refractivity contribution < 1.29 is 8.76 Å². The lowest BCUT2D eigenvalue weighted by Crippen LogP contribution is -1.50. The normalized spacial score (nSPS) is 14.3. The van der Waals surface area contributed by atoms with Crippen LogP contribution in [0.15, 0.2) is 9.77 Å². The van der Waals surface area contributed by atoms with E-state index < -0.39 is 7.75 Å². The molecule has 0 aliphatic rings. The Hall–Kier alpha value is -1.22. The predicted octanol–water partition coefficient (Wildman–Crippen LogP) is 2.68. The maximum absolute atomic E-state index is 11.8. The Balaban J connectivity index is 4.59. The summed E-state index contributed by atoms with van der Waals surface area (Å²) in [6.07, 6.45) is 0. The van der Waals surface area contributed by atoms with Crippen LogP contribution in [0.4, 0.5) is 4.20 Å². The van der Waals surface area contributed by atoms with Crippen LogP contribution in [0.2, 0.25) is 0 Å². The van der Waals surface area contributed by atoms with Crippen molar-refractivity contribution in [3.8, 4) is 0 Å². The van der Waals surface area contributed by atoms with Crippen LogP contribution in [-0.2, 0) is 4.57 Å². The summed E-state index contributed by atoms with van der Waals surface area (Å²) in [6, 6.07) is 0. The van der Waals surface area contributed by atoms with Gasteiger partial charge in [-0.3, -0.25) is 4.57 Å². The zero-order chi connectivity index (χ0) is 7.33. The smallest absolute Gasteiger partial charge is 0.274 e. The van der Waals surface area contributed by atoms with Crippen LogP contribution in [-0.4, -0.2) is 0 Å². The molecule has 0 heterocycles. The molecule has 0 amide bonds. The molecule has 0 aromatic heterocycles. The molecule has 7 nitrogen and oxygen atoms in total. The van der Waals surface area contributed by atoms with E-state index in [-0.39, 0.29) is 0 Å². The molecule has 0 fully saturated rings. The summed E-state index contributed by atoms with van der Waals surface area (Å²) in [5.74, 6) is 0. The van der Waals surface area contributed by atoms with E-state index in [0.717, 1.165) is 0 Å². The molecule has 0 saturated heterocycles. The molecule has 0 aromatic rings. The Labute approximate surface area is 48.3 Å². The third kappa shape index (κ3) is 3.37. The minimum absolute atomic E-state index is 1.85. The molecule has 0 saturated carbocycles. The van der Waals surface area contributed by atoms with Gasteiger partial charge in [0.2, 0.25) is 0 Å². The topological polar surface area (TPSA) is 115 Å². The molecular formula is FN6OP. The Morgan fingerprint density at radius 1 is 1.33 bits per heavy atom. The maximum Gasteiger partial charge on any atom is 0.411 e. The molecule has 48 valence electrons. The third-order valence-electron chi connectivity index (χ3n) is 0.301. The summed E-state index contributed by atoms with van der Waals surface area (Å²) < 4.78 is 21.7. The second kappa shape index (κ2) is 2.94. The van der Waals surface area contributed by atoms with Gasteiger partial charge in [-0.15, -0.1) is 0 Å². The van der Waals surface area contributed by atoms with Gasteiger partial charge in [-0.2, -0.15) is 4.20 Å². The van der Waals surface area contributed by atoms with Crippen molar-refractivity contribution in [2.75, 3.05) is 0 Å². The number of halogens is 1. The van der Waals surface area contributed by atoms with E-state index in [4.69, 9.17) is 11.1 Å². The number of azide groups is 1. The monoisotopic (exact) mass is 150 g/mol. The zero-order valence-corrected chi connectivity index (χ0v) is 4.81. The first kappa shape index (κ1) is 7.78. The van der Waals surface area contributed by atoms with Crippen LogP contribution in [0.1, 0.15) is 0 Å².